The zero-order chi connectivity index (χ0) is 33.6. The molecule has 0 bridgehead atoms. The van der Waals surface area contributed by atoms with Crippen LogP contribution in [0.3, 0.4) is 0 Å². The Morgan fingerprint density at radius 1 is 0.936 bits per heavy atom. The van der Waals surface area contributed by atoms with Gasteiger partial charge >= 0.3 is 5.97 Å². The van der Waals surface area contributed by atoms with E-state index in [-0.39, 0.29) is 17.7 Å². The van der Waals surface area contributed by atoms with Crippen LogP contribution in [0.2, 0.25) is 0 Å². The quantitative estimate of drug-likeness (QED) is 0.197. The molecule has 2 aromatic heterocycles. The molecule has 3 N–H and O–H groups in total. The Labute approximate surface area is 282 Å². The highest BCUT2D eigenvalue weighted by Gasteiger charge is 2.29. The van der Waals surface area contributed by atoms with Crippen molar-refractivity contribution in [3.8, 4) is 11.4 Å². The number of nitrogens with zero attached hydrogens (tertiary/aromatic N) is 2. The fourth-order valence-corrected chi connectivity index (χ4v) is 7.84. The molecule has 2 amide bonds. The summed E-state index contributed by atoms with van der Waals surface area (Å²) in [5.74, 6) is 1.18. The van der Waals surface area contributed by atoms with Crippen LogP contribution in [0.15, 0.2) is 54.9 Å². The van der Waals surface area contributed by atoms with Gasteiger partial charge in [-0.3, -0.25) is 14.4 Å². The number of hydrogen-bond donors (Lipinski definition) is 3. The van der Waals surface area contributed by atoms with Gasteiger partial charge in [0.25, 0.3) is 5.91 Å². The monoisotopic (exact) mass is 656 g/mol. The number of thiophene rings is 1. The predicted molar refractivity (Wildman–Crippen MR) is 187 cm³/mol. The van der Waals surface area contributed by atoms with Gasteiger partial charge in [-0.25, -0.2) is 9.97 Å². The van der Waals surface area contributed by atoms with E-state index in [0.717, 1.165) is 52.2 Å². The molecule has 0 radical (unpaired) electrons. The number of aliphatic carboxylic acids is 1. The summed E-state index contributed by atoms with van der Waals surface area (Å²) in [5, 5.41) is 14.3. The largest absolute Gasteiger partial charge is 0.480 e. The molecule has 1 saturated carbocycles. The van der Waals surface area contributed by atoms with E-state index in [1.165, 1.54) is 55.4 Å². The van der Waals surface area contributed by atoms with Gasteiger partial charge in [0.2, 0.25) is 5.91 Å². The highest BCUT2D eigenvalue weighted by Crippen LogP contribution is 2.41. The van der Waals surface area contributed by atoms with Gasteiger partial charge in [0.15, 0.2) is 5.82 Å². The molecule has 0 spiro atoms. The Balaban J connectivity index is 1.21. The van der Waals surface area contributed by atoms with Crippen LogP contribution in [0.1, 0.15) is 105 Å². The maximum Gasteiger partial charge on any atom is 0.322 e. The van der Waals surface area contributed by atoms with E-state index in [1.54, 1.807) is 6.07 Å². The number of carbonyl (C=O) groups excluding carboxylic acids is 2. The number of allylic oxidation sites excluding steroid dienone is 2. The molecule has 0 aliphatic heterocycles. The fourth-order valence-electron chi connectivity index (χ4n) is 6.87. The summed E-state index contributed by atoms with van der Waals surface area (Å²) in [6.45, 7) is 8.03. The molecule has 2 aliphatic carbocycles. The van der Waals surface area contributed by atoms with Crippen molar-refractivity contribution in [2.24, 2.45) is 17.8 Å². The molecule has 0 saturated heterocycles. The first-order chi connectivity index (χ1) is 22.5. The maximum atomic E-state index is 13.1. The molecule has 9 heteroatoms. The van der Waals surface area contributed by atoms with Crippen LogP contribution in [0.5, 0.6) is 0 Å². The van der Waals surface area contributed by atoms with Crippen LogP contribution < -0.4 is 10.6 Å². The van der Waals surface area contributed by atoms with Crippen LogP contribution in [-0.2, 0) is 21.4 Å². The van der Waals surface area contributed by atoms with Gasteiger partial charge in [-0.05, 0) is 78.5 Å². The molecule has 3 aromatic rings. The van der Waals surface area contributed by atoms with Crippen molar-refractivity contribution in [3.05, 3.63) is 75.7 Å². The minimum Gasteiger partial charge on any atom is -0.480 e. The molecule has 250 valence electrons. The molecule has 5 rings (SSSR count). The summed E-state index contributed by atoms with van der Waals surface area (Å²) in [4.78, 5) is 48.0. The molecule has 2 unspecified atom stereocenters. The van der Waals surface area contributed by atoms with E-state index in [9.17, 15) is 14.4 Å². The number of amides is 2. The van der Waals surface area contributed by atoms with Gasteiger partial charge in [-0.2, -0.15) is 0 Å². The Morgan fingerprint density at radius 2 is 1.64 bits per heavy atom. The smallest absolute Gasteiger partial charge is 0.322 e. The second kappa shape index (κ2) is 15.4. The van der Waals surface area contributed by atoms with Crippen molar-refractivity contribution < 1.29 is 19.5 Å². The molecule has 2 atom stereocenters. The lowest BCUT2D eigenvalue weighted by atomic mass is 9.71. The number of nitrogens with one attached hydrogen (secondary N) is 2. The minimum absolute atomic E-state index is 0.100. The third-order valence-electron chi connectivity index (χ3n) is 9.87. The van der Waals surface area contributed by atoms with Crippen molar-refractivity contribution in [2.75, 3.05) is 6.54 Å². The van der Waals surface area contributed by atoms with Crippen molar-refractivity contribution in [3.63, 3.8) is 0 Å². The first kappa shape index (κ1) is 34.5. The second-order valence-electron chi connectivity index (χ2n) is 14.2. The number of carboxylic acid groups (broad SMARTS) is 1. The SMILES string of the molecule is CCC1CCC(C2CC=C(c3cnc(-c4ccc(CC(NC(=O)c5ccc(C(C)(C)C)s5)C(=O)NCC(=O)O)cc4)nc3)CC2)CC1. The summed E-state index contributed by atoms with van der Waals surface area (Å²) in [7, 11) is 0. The van der Waals surface area contributed by atoms with Gasteiger partial charge in [-0.1, -0.05) is 77.3 Å². The lowest BCUT2D eigenvalue weighted by Gasteiger charge is -2.35. The first-order valence-electron chi connectivity index (χ1n) is 17.0. The first-order valence-corrected chi connectivity index (χ1v) is 17.8. The highest BCUT2D eigenvalue weighted by molar-refractivity contribution is 7.14. The summed E-state index contributed by atoms with van der Waals surface area (Å²) in [6, 6.07) is 10.3. The van der Waals surface area contributed by atoms with Crippen molar-refractivity contribution in [2.45, 2.75) is 96.9 Å². The van der Waals surface area contributed by atoms with E-state index in [0.29, 0.717) is 10.7 Å². The van der Waals surface area contributed by atoms with Crippen molar-refractivity contribution >= 4 is 34.7 Å². The fraction of sp³-hybridized carbons (Fsp3) is 0.500. The summed E-state index contributed by atoms with van der Waals surface area (Å²) >= 11 is 1.39. The molecular weight excluding hydrogens is 609 g/mol. The highest BCUT2D eigenvalue weighted by atomic mass is 32.1. The number of benzene rings is 1. The van der Waals surface area contributed by atoms with E-state index in [4.69, 9.17) is 5.11 Å². The zero-order valence-corrected chi connectivity index (χ0v) is 28.9. The van der Waals surface area contributed by atoms with E-state index >= 15 is 0 Å². The Morgan fingerprint density at radius 3 is 2.21 bits per heavy atom. The standard InChI is InChI=1S/C38H48N4O4S/c1-5-24-6-10-26(11-7-24)27-14-16-28(17-15-27)30-21-39-35(40-22-30)29-12-8-25(9-13-29)20-31(36(45)41-23-34(43)44)42-37(46)32-18-19-33(47-32)38(2,3)4/h8-9,12-13,16,18-19,21-22,24,26-27,31H,5-7,10-11,14-15,17,20,23H2,1-4H3,(H,41,45)(H,42,46)(H,43,44). The Kier molecular flexibility index (Phi) is 11.3. The molecule has 2 aliphatic rings. The predicted octanol–water partition coefficient (Wildman–Crippen LogP) is 7.44. The van der Waals surface area contributed by atoms with Crippen LogP contribution in [0, 0.1) is 17.8 Å². The van der Waals surface area contributed by atoms with Gasteiger partial charge < -0.3 is 15.7 Å². The molecule has 47 heavy (non-hydrogen) atoms. The van der Waals surface area contributed by atoms with E-state index < -0.39 is 24.5 Å². The van der Waals surface area contributed by atoms with Gasteiger partial charge in [0.05, 0.1) is 4.88 Å². The van der Waals surface area contributed by atoms with Crippen LogP contribution >= 0.6 is 11.3 Å². The van der Waals surface area contributed by atoms with Gasteiger partial charge in [-0.15, -0.1) is 11.3 Å². The second-order valence-corrected chi connectivity index (χ2v) is 15.3. The normalized spacial score (nSPS) is 20.6. The Hall–Kier alpha value is -3.85. The van der Waals surface area contributed by atoms with Gasteiger partial charge in [0.1, 0.15) is 12.6 Å². The van der Waals surface area contributed by atoms with Crippen molar-refractivity contribution in [1.29, 1.82) is 0 Å². The van der Waals surface area contributed by atoms with Gasteiger partial charge in [0, 0.05) is 34.8 Å². The maximum absolute atomic E-state index is 13.1. The topological polar surface area (TPSA) is 121 Å². The molecular formula is C38H48N4O4S. The Bertz CT molecular complexity index is 1560. The van der Waals surface area contributed by atoms with Crippen LogP contribution in [0.4, 0.5) is 0 Å². The third-order valence-corrected chi connectivity index (χ3v) is 11.4. The van der Waals surface area contributed by atoms with Crippen LogP contribution in [0.25, 0.3) is 17.0 Å². The average molecular weight is 657 g/mol. The number of hydrogen-bond acceptors (Lipinski definition) is 6. The molecule has 2 heterocycles. The molecule has 1 fully saturated rings. The summed E-state index contributed by atoms with van der Waals surface area (Å²) in [5.41, 5.74) is 4.00. The van der Waals surface area contributed by atoms with Crippen LogP contribution in [-0.4, -0.2) is 45.4 Å². The average Bonchev–Trinajstić information content (AvgIpc) is 3.59. The number of carboxylic acids is 1. The van der Waals surface area contributed by atoms with E-state index in [2.05, 4.69) is 54.4 Å². The summed E-state index contributed by atoms with van der Waals surface area (Å²) in [6.07, 6.45) is 16.8. The lowest BCUT2D eigenvalue weighted by Crippen LogP contribution is -2.49. The van der Waals surface area contributed by atoms with E-state index in [1.807, 2.05) is 42.7 Å². The number of carbonyl (C=O) groups is 3. The minimum atomic E-state index is -1.15. The van der Waals surface area contributed by atoms with Crippen molar-refractivity contribution in [1.82, 2.24) is 20.6 Å². The molecule has 1 aromatic carbocycles. The number of aromatic nitrogens is 2. The lowest BCUT2D eigenvalue weighted by molar-refractivity contribution is -0.138. The third kappa shape index (κ3) is 9.15. The zero-order valence-electron chi connectivity index (χ0n) is 28.1. The molecule has 8 nitrogen and oxygen atoms in total. The summed E-state index contributed by atoms with van der Waals surface area (Å²) < 4.78 is 0. The number of rotatable bonds is 11.